The van der Waals surface area contributed by atoms with Crippen LogP contribution in [0.4, 0.5) is 4.39 Å². The molecule has 0 aliphatic heterocycles. The van der Waals surface area contributed by atoms with Gasteiger partial charge in [-0.2, -0.15) is 0 Å². The highest BCUT2D eigenvalue weighted by atomic mass is 32.2. The number of halogens is 1. The van der Waals surface area contributed by atoms with E-state index >= 15 is 0 Å². The molecule has 0 spiro atoms. The van der Waals surface area contributed by atoms with E-state index in [1.54, 1.807) is 42.9 Å². The molecule has 5 nitrogen and oxygen atoms in total. The Morgan fingerprint density at radius 2 is 2.15 bits per heavy atom. The van der Waals surface area contributed by atoms with Crippen molar-refractivity contribution in [2.75, 3.05) is 12.8 Å². The first-order chi connectivity index (χ1) is 12.6. The number of thioether (sulfide) groups is 1. The van der Waals surface area contributed by atoms with Crippen LogP contribution >= 0.6 is 23.1 Å². The molecule has 0 bridgehead atoms. The lowest BCUT2D eigenvalue weighted by molar-refractivity contribution is -0.127. The van der Waals surface area contributed by atoms with Gasteiger partial charge in [0, 0.05) is 30.6 Å². The van der Waals surface area contributed by atoms with Gasteiger partial charge in [0.1, 0.15) is 12.1 Å². The Bertz CT molecular complexity index is 851. The minimum absolute atomic E-state index is 0.0777. The average molecular weight is 391 g/mol. The van der Waals surface area contributed by atoms with Gasteiger partial charge in [0.25, 0.3) is 0 Å². The summed E-state index contributed by atoms with van der Waals surface area (Å²) in [4.78, 5) is 15.2. The number of rotatable bonds is 8. The maximum absolute atomic E-state index is 13.7. The van der Waals surface area contributed by atoms with Gasteiger partial charge in [-0.05, 0) is 23.9 Å². The normalized spacial score (nSPS) is 10.8. The van der Waals surface area contributed by atoms with Gasteiger partial charge >= 0.3 is 0 Å². The van der Waals surface area contributed by atoms with Crippen LogP contribution in [0.25, 0.3) is 0 Å². The molecular weight excluding hydrogens is 371 g/mol. The fourth-order valence-electron chi connectivity index (χ4n) is 2.40. The molecular formula is C18H19FN4OS2. The predicted octanol–water partition coefficient (Wildman–Crippen LogP) is 3.47. The SMILES string of the molecule is CN(Cc1ccccc1F)C(=O)CSc1nncn1CCc1cccs1. The summed E-state index contributed by atoms with van der Waals surface area (Å²) in [7, 11) is 1.68. The van der Waals surface area contributed by atoms with Gasteiger partial charge in [-0.25, -0.2) is 4.39 Å². The zero-order chi connectivity index (χ0) is 18.4. The lowest BCUT2D eigenvalue weighted by atomic mass is 10.2. The number of amides is 1. The molecule has 0 saturated carbocycles. The van der Waals surface area contributed by atoms with Crippen molar-refractivity contribution < 1.29 is 9.18 Å². The number of hydrogen-bond donors (Lipinski definition) is 0. The number of aromatic nitrogens is 3. The summed E-state index contributed by atoms with van der Waals surface area (Å²) in [5, 5.41) is 10.8. The van der Waals surface area contributed by atoms with E-state index < -0.39 is 0 Å². The highest BCUT2D eigenvalue weighted by molar-refractivity contribution is 7.99. The van der Waals surface area contributed by atoms with E-state index in [1.807, 2.05) is 10.6 Å². The number of carbonyl (C=O) groups excluding carboxylic acids is 1. The highest BCUT2D eigenvalue weighted by Gasteiger charge is 2.14. The van der Waals surface area contributed by atoms with Crippen LogP contribution in [-0.2, 0) is 24.3 Å². The number of aryl methyl sites for hydroxylation is 2. The number of nitrogens with zero attached hydrogens (tertiary/aromatic N) is 4. The van der Waals surface area contributed by atoms with Crippen molar-refractivity contribution in [3.63, 3.8) is 0 Å². The van der Waals surface area contributed by atoms with Gasteiger partial charge in [-0.3, -0.25) is 4.79 Å². The summed E-state index contributed by atoms with van der Waals surface area (Å²) in [6.07, 6.45) is 2.59. The monoisotopic (exact) mass is 390 g/mol. The molecule has 136 valence electrons. The van der Waals surface area contributed by atoms with Crippen LogP contribution in [0.3, 0.4) is 0 Å². The maximum atomic E-state index is 13.7. The van der Waals surface area contributed by atoms with Crippen LogP contribution in [-0.4, -0.2) is 38.4 Å². The first kappa shape index (κ1) is 18.6. The summed E-state index contributed by atoms with van der Waals surface area (Å²) < 4.78 is 15.7. The molecule has 0 N–H and O–H groups in total. The van der Waals surface area contributed by atoms with Crippen molar-refractivity contribution in [1.82, 2.24) is 19.7 Å². The van der Waals surface area contributed by atoms with Gasteiger partial charge in [0.05, 0.1) is 5.75 Å². The minimum Gasteiger partial charge on any atom is -0.341 e. The molecule has 0 atom stereocenters. The van der Waals surface area contributed by atoms with E-state index in [1.165, 1.54) is 27.6 Å². The quantitative estimate of drug-likeness (QED) is 0.553. The third-order valence-electron chi connectivity index (χ3n) is 3.88. The number of carbonyl (C=O) groups is 1. The molecule has 3 rings (SSSR count). The maximum Gasteiger partial charge on any atom is 0.233 e. The second-order valence-corrected chi connectivity index (χ2v) is 7.74. The Balaban J connectivity index is 1.51. The summed E-state index contributed by atoms with van der Waals surface area (Å²) in [6.45, 7) is 1.02. The van der Waals surface area contributed by atoms with Crippen molar-refractivity contribution >= 4 is 29.0 Å². The Morgan fingerprint density at radius 3 is 2.92 bits per heavy atom. The van der Waals surface area contributed by atoms with E-state index in [-0.39, 0.29) is 24.0 Å². The highest BCUT2D eigenvalue weighted by Crippen LogP contribution is 2.18. The minimum atomic E-state index is -0.298. The number of hydrogen-bond acceptors (Lipinski definition) is 5. The summed E-state index contributed by atoms with van der Waals surface area (Å²) in [5.41, 5.74) is 0.507. The first-order valence-corrected chi connectivity index (χ1v) is 10.0. The van der Waals surface area contributed by atoms with Gasteiger partial charge in [0.2, 0.25) is 5.91 Å². The lowest BCUT2D eigenvalue weighted by Gasteiger charge is -2.17. The van der Waals surface area contributed by atoms with Gasteiger partial charge in [0.15, 0.2) is 5.16 Å². The average Bonchev–Trinajstić information content (AvgIpc) is 3.31. The Hall–Kier alpha value is -2.19. The van der Waals surface area contributed by atoms with E-state index in [4.69, 9.17) is 0 Å². The van der Waals surface area contributed by atoms with Gasteiger partial charge < -0.3 is 9.47 Å². The van der Waals surface area contributed by atoms with Crippen molar-refractivity contribution in [2.24, 2.45) is 0 Å². The first-order valence-electron chi connectivity index (χ1n) is 8.14. The van der Waals surface area contributed by atoms with E-state index in [9.17, 15) is 9.18 Å². The topological polar surface area (TPSA) is 51.0 Å². The fourth-order valence-corrected chi connectivity index (χ4v) is 3.98. The Morgan fingerprint density at radius 1 is 1.31 bits per heavy atom. The lowest BCUT2D eigenvalue weighted by Crippen LogP contribution is -2.28. The summed E-state index contributed by atoms with van der Waals surface area (Å²) in [5.74, 6) is -0.137. The van der Waals surface area contributed by atoms with Gasteiger partial charge in [-0.15, -0.1) is 21.5 Å². The molecule has 0 unspecified atom stereocenters. The van der Waals surface area contributed by atoms with Crippen molar-refractivity contribution in [3.8, 4) is 0 Å². The summed E-state index contributed by atoms with van der Waals surface area (Å²) in [6, 6.07) is 10.6. The number of thiophene rings is 1. The molecule has 2 heterocycles. The van der Waals surface area contributed by atoms with Crippen molar-refractivity contribution in [1.29, 1.82) is 0 Å². The fraction of sp³-hybridized carbons (Fsp3) is 0.278. The Labute approximate surface area is 159 Å². The standard InChI is InChI=1S/C18H19FN4OS2/c1-22(11-14-5-2-3-7-16(14)19)17(24)12-26-18-21-20-13-23(18)9-8-15-6-4-10-25-15/h2-7,10,13H,8-9,11-12H2,1H3. The van der Waals surface area contributed by atoms with Crippen molar-refractivity contribution in [2.45, 2.75) is 24.7 Å². The molecule has 1 aromatic carbocycles. The summed E-state index contributed by atoms with van der Waals surface area (Å²) >= 11 is 3.07. The van der Waals surface area contributed by atoms with Crippen molar-refractivity contribution in [3.05, 3.63) is 64.4 Å². The zero-order valence-electron chi connectivity index (χ0n) is 14.3. The molecule has 0 aliphatic carbocycles. The van der Waals surface area contributed by atoms with Crippen LogP contribution in [0.1, 0.15) is 10.4 Å². The second kappa shape index (κ2) is 8.95. The molecule has 0 fully saturated rings. The van der Waals surface area contributed by atoms with E-state index in [0.717, 1.165) is 13.0 Å². The smallest absolute Gasteiger partial charge is 0.233 e. The third kappa shape index (κ3) is 4.92. The van der Waals surface area contributed by atoms with Crippen LogP contribution in [0.5, 0.6) is 0 Å². The molecule has 0 saturated heterocycles. The Kier molecular flexibility index (Phi) is 6.40. The van der Waals surface area contributed by atoms with Crippen LogP contribution in [0, 0.1) is 5.82 Å². The van der Waals surface area contributed by atoms with Crippen LogP contribution < -0.4 is 0 Å². The van der Waals surface area contributed by atoms with E-state index in [0.29, 0.717) is 10.7 Å². The molecule has 1 amide bonds. The molecule has 26 heavy (non-hydrogen) atoms. The molecule has 8 heteroatoms. The molecule has 3 aromatic rings. The largest absolute Gasteiger partial charge is 0.341 e. The second-order valence-electron chi connectivity index (χ2n) is 5.77. The molecule has 0 aliphatic rings. The molecule has 0 radical (unpaired) electrons. The van der Waals surface area contributed by atoms with Crippen LogP contribution in [0.2, 0.25) is 0 Å². The predicted molar refractivity (Wildman–Crippen MR) is 102 cm³/mol. The molecule has 2 aromatic heterocycles. The van der Waals surface area contributed by atoms with Crippen LogP contribution in [0.15, 0.2) is 53.3 Å². The number of benzene rings is 1. The van der Waals surface area contributed by atoms with E-state index in [2.05, 4.69) is 21.6 Å². The third-order valence-corrected chi connectivity index (χ3v) is 5.78. The zero-order valence-corrected chi connectivity index (χ0v) is 16.0. The van der Waals surface area contributed by atoms with Gasteiger partial charge in [-0.1, -0.05) is 36.0 Å².